The van der Waals surface area contributed by atoms with Gasteiger partial charge in [-0.1, -0.05) is 44.3 Å². The van der Waals surface area contributed by atoms with Crippen LogP contribution in [-0.4, -0.2) is 8.68 Å². The highest BCUT2D eigenvalue weighted by molar-refractivity contribution is 7.15. The summed E-state index contributed by atoms with van der Waals surface area (Å²) in [4.78, 5) is 0. The van der Waals surface area contributed by atoms with Gasteiger partial charge in [-0.2, -0.15) is 10.5 Å². The summed E-state index contributed by atoms with van der Waals surface area (Å²) in [6.45, 7) is 4.28. The van der Waals surface area contributed by atoms with Gasteiger partial charge in [-0.3, -0.25) is 0 Å². The van der Waals surface area contributed by atoms with Crippen molar-refractivity contribution >= 4 is 46.7 Å². The van der Waals surface area contributed by atoms with Gasteiger partial charge in [0.15, 0.2) is 0 Å². The molecule has 0 N–H and O–H groups in total. The molecule has 0 radical (unpaired) electrons. The number of hydrogen-bond acceptors (Lipinski definition) is 2. The predicted molar refractivity (Wildman–Crippen MR) is 149 cm³/mol. The van der Waals surface area contributed by atoms with Crippen molar-refractivity contribution in [1.82, 2.24) is 8.68 Å². The second-order valence-corrected chi connectivity index (χ2v) is 8.98. The molecule has 2 aromatic heterocycles. The van der Waals surface area contributed by atoms with Gasteiger partial charge in [-0.15, -0.1) is 0 Å². The van der Waals surface area contributed by atoms with Gasteiger partial charge in [0.1, 0.15) is 0 Å². The van der Waals surface area contributed by atoms with Crippen LogP contribution in [0.5, 0.6) is 0 Å². The Balaban J connectivity index is 0.000000191. The Hall–Kier alpha value is -3.34. The van der Waals surface area contributed by atoms with Gasteiger partial charge in [0.25, 0.3) is 0 Å². The van der Waals surface area contributed by atoms with Crippen LogP contribution in [0.15, 0.2) is 54.9 Å². The van der Waals surface area contributed by atoms with Gasteiger partial charge in [0.05, 0.1) is 39.9 Å². The number of benzene rings is 2. The molecule has 2 heterocycles. The van der Waals surface area contributed by atoms with E-state index >= 15 is 0 Å². The van der Waals surface area contributed by atoms with Crippen molar-refractivity contribution in [2.24, 2.45) is 0 Å². The van der Waals surface area contributed by atoms with Crippen molar-refractivity contribution in [2.45, 2.75) is 39.5 Å². The SMILES string of the molecule is CCCC#Cc1cn(P)c2ccc(C#N)cc12.CCCC=Cc1cn(P)c2ccc(C#N)cc12. The standard InChI is InChI=1S/C14H15N2P.C14H13N2P/c2*1-2-3-4-5-12-10-16(17)14-7-6-11(9-15)8-13(12)14/h4-8,10H,2-3,17H2,1H3;6-8,10H,2-3,17H2,1H3. The first-order valence-corrected chi connectivity index (χ1v) is 12.3. The lowest BCUT2D eigenvalue weighted by Crippen LogP contribution is -1.77. The third-order valence-corrected chi connectivity index (χ3v) is 6.16. The van der Waals surface area contributed by atoms with Gasteiger partial charge in [-0.25, -0.2) is 0 Å². The molecular weight excluding hydrogens is 454 g/mol. The van der Waals surface area contributed by atoms with Crippen molar-refractivity contribution < 1.29 is 0 Å². The zero-order valence-corrected chi connectivity index (χ0v) is 21.9. The van der Waals surface area contributed by atoms with Crippen LogP contribution in [-0.2, 0) is 0 Å². The van der Waals surface area contributed by atoms with Crippen LogP contribution in [0.4, 0.5) is 0 Å². The first-order chi connectivity index (χ1) is 16.5. The highest BCUT2D eigenvalue weighted by atomic mass is 31.0. The molecule has 0 aliphatic heterocycles. The van der Waals surface area contributed by atoms with E-state index in [9.17, 15) is 0 Å². The Morgan fingerprint density at radius 2 is 1.47 bits per heavy atom. The molecular formula is C28H28N4P2. The summed E-state index contributed by atoms with van der Waals surface area (Å²) in [7, 11) is 5.31. The highest BCUT2D eigenvalue weighted by Gasteiger charge is 2.06. The Morgan fingerprint density at radius 1 is 0.853 bits per heavy atom. The van der Waals surface area contributed by atoms with Gasteiger partial charge in [0, 0.05) is 29.6 Å². The van der Waals surface area contributed by atoms with Crippen LogP contribution < -0.4 is 0 Å². The highest BCUT2D eigenvalue weighted by Crippen LogP contribution is 2.26. The van der Waals surface area contributed by atoms with E-state index in [1.165, 1.54) is 5.56 Å². The molecule has 0 bridgehead atoms. The van der Waals surface area contributed by atoms with Crippen LogP contribution >= 0.6 is 18.8 Å². The van der Waals surface area contributed by atoms with Crippen LogP contribution in [0.25, 0.3) is 27.9 Å². The molecule has 0 saturated carbocycles. The zero-order valence-electron chi connectivity index (χ0n) is 19.5. The van der Waals surface area contributed by atoms with Crippen molar-refractivity contribution in [3.8, 4) is 24.0 Å². The zero-order chi connectivity index (χ0) is 24.5. The summed E-state index contributed by atoms with van der Waals surface area (Å²) in [6, 6.07) is 15.8. The molecule has 2 atom stereocenters. The average molecular weight is 483 g/mol. The van der Waals surface area contributed by atoms with Crippen molar-refractivity contribution in [1.29, 1.82) is 10.5 Å². The van der Waals surface area contributed by atoms with Crippen LogP contribution in [0, 0.1) is 34.5 Å². The van der Waals surface area contributed by atoms with E-state index in [4.69, 9.17) is 10.5 Å². The lowest BCUT2D eigenvalue weighted by molar-refractivity contribution is 0.962. The minimum Gasteiger partial charge on any atom is -0.331 e. The Labute approximate surface area is 206 Å². The molecule has 0 saturated heterocycles. The van der Waals surface area contributed by atoms with Crippen LogP contribution in [0.3, 0.4) is 0 Å². The number of rotatable bonds is 4. The molecule has 0 spiro atoms. The molecule has 6 heteroatoms. The van der Waals surface area contributed by atoms with Crippen molar-refractivity contribution in [2.75, 3.05) is 0 Å². The van der Waals surface area contributed by atoms with Crippen LogP contribution in [0.2, 0.25) is 0 Å². The van der Waals surface area contributed by atoms with Crippen LogP contribution in [0.1, 0.15) is 61.8 Å². The molecule has 0 aliphatic rings. The topological polar surface area (TPSA) is 57.4 Å². The Morgan fingerprint density at radius 3 is 2.09 bits per heavy atom. The summed E-state index contributed by atoms with van der Waals surface area (Å²) in [5.74, 6) is 6.31. The Bertz CT molecular complexity index is 1480. The summed E-state index contributed by atoms with van der Waals surface area (Å²) in [5, 5.41) is 20.0. The molecule has 170 valence electrons. The largest absolute Gasteiger partial charge is 0.331 e. The molecule has 34 heavy (non-hydrogen) atoms. The molecule has 2 unspecified atom stereocenters. The lowest BCUT2D eigenvalue weighted by Gasteiger charge is -1.95. The minimum atomic E-state index is 0.673. The maximum atomic E-state index is 8.93. The first kappa shape index (κ1) is 25.3. The monoisotopic (exact) mass is 482 g/mol. The molecule has 0 fully saturated rings. The van der Waals surface area contributed by atoms with Crippen molar-refractivity contribution in [3.05, 3.63) is 77.1 Å². The third kappa shape index (κ3) is 5.96. The van der Waals surface area contributed by atoms with Gasteiger partial charge < -0.3 is 8.68 Å². The number of nitrogens with zero attached hydrogens (tertiary/aromatic N) is 4. The molecule has 2 aromatic carbocycles. The molecule has 4 rings (SSSR count). The van der Waals surface area contributed by atoms with Gasteiger partial charge in [0.2, 0.25) is 0 Å². The first-order valence-electron chi connectivity index (χ1n) is 11.3. The van der Waals surface area contributed by atoms with E-state index in [2.05, 4.69) is 75.0 Å². The van der Waals surface area contributed by atoms with Crippen molar-refractivity contribution in [3.63, 3.8) is 0 Å². The average Bonchev–Trinajstić information content (AvgIpc) is 3.35. The molecule has 4 nitrogen and oxygen atoms in total. The van der Waals surface area contributed by atoms with E-state index in [0.717, 1.165) is 53.1 Å². The molecule has 0 amide bonds. The smallest absolute Gasteiger partial charge is 0.0991 e. The van der Waals surface area contributed by atoms with Gasteiger partial charge >= 0.3 is 0 Å². The second-order valence-electron chi connectivity index (χ2n) is 7.87. The lowest BCUT2D eigenvalue weighted by atomic mass is 10.1. The maximum Gasteiger partial charge on any atom is 0.0991 e. The summed E-state index contributed by atoms with van der Waals surface area (Å²) in [5.41, 5.74) is 5.74. The minimum absolute atomic E-state index is 0.673. The molecule has 0 aliphatic carbocycles. The predicted octanol–water partition coefficient (Wildman–Crippen LogP) is 7.27. The summed E-state index contributed by atoms with van der Waals surface area (Å²) < 4.78 is 3.98. The van der Waals surface area contributed by atoms with E-state index in [0.29, 0.717) is 11.1 Å². The fourth-order valence-electron chi connectivity index (χ4n) is 3.57. The fraction of sp³-hybridized carbons (Fsp3) is 0.214. The number of allylic oxidation sites excluding steroid dienone is 1. The van der Waals surface area contributed by atoms with Gasteiger partial charge in [-0.05, 0) is 73.6 Å². The number of hydrogen-bond donors (Lipinski definition) is 0. The maximum absolute atomic E-state index is 8.93. The van der Waals surface area contributed by atoms with E-state index < -0.39 is 0 Å². The van der Waals surface area contributed by atoms with E-state index in [1.54, 1.807) is 0 Å². The Kier molecular flexibility index (Phi) is 9.08. The number of nitriles is 2. The number of aromatic nitrogens is 2. The van der Waals surface area contributed by atoms with E-state index in [1.807, 2.05) is 51.3 Å². The molecule has 4 aromatic rings. The number of fused-ring (bicyclic) bond motifs is 2. The summed E-state index contributed by atoms with van der Waals surface area (Å²) >= 11 is 0. The van der Waals surface area contributed by atoms with E-state index in [-0.39, 0.29) is 0 Å². The summed E-state index contributed by atoms with van der Waals surface area (Å²) in [6.07, 6.45) is 12.6. The third-order valence-electron chi connectivity index (χ3n) is 5.31. The second kappa shape index (κ2) is 12.2. The number of unbranched alkanes of at least 4 members (excludes halogenated alkanes) is 2. The fourth-order valence-corrected chi connectivity index (χ4v) is 4.33. The quantitative estimate of drug-likeness (QED) is 0.227. The normalized spacial score (nSPS) is 10.4.